The summed E-state index contributed by atoms with van der Waals surface area (Å²) in [7, 11) is 0. The number of anilines is 1. The molecule has 2 heterocycles. The topological polar surface area (TPSA) is 96.5 Å². The quantitative estimate of drug-likeness (QED) is 0.244. The van der Waals surface area contributed by atoms with Gasteiger partial charge in [0.1, 0.15) is 28.6 Å². The first-order chi connectivity index (χ1) is 16.8. The molecule has 0 bridgehead atoms. The Labute approximate surface area is 214 Å². The fourth-order valence-electron chi connectivity index (χ4n) is 3.19. The van der Waals surface area contributed by atoms with Gasteiger partial charge in [-0.15, -0.1) is 0 Å². The van der Waals surface area contributed by atoms with Crippen molar-refractivity contribution in [3.8, 4) is 17.7 Å². The normalized spacial score (nSPS) is 11.2. The molecule has 0 spiro atoms. The zero-order valence-corrected chi connectivity index (χ0v) is 20.3. The molecule has 0 fully saturated rings. The number of halogens is 3. The van der Waals surface area contributed by atoms with E-state index < -0.39 is 11.5 Å². The van der Waals surface area contributed by atoms with Crippen LogP contribution in [-0.2, 0) is 4.79 Å². The summed E-state index contributed by atoms with van der Waals surface area (Å²) in [4.78, 5) is 30.7. The molecule has 0 saturated carbocycles. The van der Waals surface area contributed by atoms with Gasteiger partial charge in [0.05, 0.1) is 15.7 Å². The van der Waals surface area contributed by atoms with Crippen molar-refractivity contribution < 1.29 is 9.53 Å². The van der Waals surface area contributed by atoms with Crippen molar-refractivity contribution >= 4 is 58.1 Å². The Morgan fingerprint density at radius 1 is 1.11 bits per heavy atom. The number of hydrogen-bond acceptors (Lipinski definition) is 5. The maximum atomic E-state index is 13.4. The maximum Gasteiger partial charge on any atom is 0.269 e. The van der Waals surface area contributed by atoms with E-state index in [9.17, 15) is 14.9 Å². The van der Waals surface area contributed by atoms with Crippen molar-refractivity contribution in [2.75, 3.05) is 5.32 Å². The van der Waals surface area contributed by atoms with Crippen molar-refractivity contribution in [3.63, 3.8) is 0 Å². The standard InChI is InChI=1S/C25H15Cl3N4O3/c1-14-4-3-11-32-22(14)31-24(35-17-9-7-16(26)8-10-17)18(25(32)34)12-15(13-29)23(33)30-20-6-2-5-19(27)21(20)28/h2-12H,1H3,(H,30,33)/b15-12-. The molecule has 35 heavy (non-hydrogen) atoms. The summed E-state index contributed by atoms with van der Waals surface area (Å²) < 4.78 is 7.20. The number of nitrogens with one attached hydrogen (secondary N) is 1. The van der Waals surface area contributed by atoms with E-state index in [2.05, 4.69) is 10.3 Å². The number of fused-ring (bicyclic) bond motifs is 1. The van der Waals surface area contributed by atoms with Gasteiger partial charge in [0.15, 0.2) is 0 Å². The third kappa shape index (κ3) is 5.15. The monoisotopic (exact) mass is 524 g/mol. The van der Waals surface area contributed by atoms with Gasteiger partial charge in [-0.2, -0.15) is 10.2 Å². The summed E-state index contributed by atoms with van der Waals surface area (Å²) in [6.45, 7) is 1.80. The smallest absolute Gasteiger partial charge is 0.269 e. The lowest BCUT2D eigenvalue weighted by molar-refractivity contribution is -0.112. The van der Waals surface area contributed by atoms with E-state index >= 15 is 0 Å². The van der Waals surface area contributed by atoms with Gasteiger partial charge < -0.3 is 10.1 Å². The van der Waals surface area contributed by atoms with Gasteiger partial charge in [-0.25, -0.2) is 0 Å². The summed E-state index contributed by atoms with van der Waals surface area (Å²) in [6, 6.07) is 16.4. The molecule has 2 aromatic heterocycles. The van der Waals surface area contributed by atoms with Crippen LogP contribution in [-0.4, -0.2) is 15.3 Å². The molecule has 174 valence electrons. The molecule has 4 aromatic rings. The number of ether oxygens (including phenoxy) is 1. The lowest BCUT2D eigenvalue weighted by atomic mass is 10.1. The number of pyridine rings is 1. The fourth-order valence-corrected chi connectivity index (χ4v) is 3.66. The van der Waals surface area contributed by atoms with E-state index in [1.54, 1.807) is 61.7 Å². The van der Waals surface area contributed by atoms with E-state index in [-0.39, 0.29) is 32.7 Å². The van der Waals surface area contributed by atoms with E-state index in [0.29, 0.717) is 16.4 Å². The van der Waals surface area contributed by atoms with Crippen LogP contribution >= 0.6 is 34.8 Å². The zero-order chi connectivity index (χ0) is 25.1. The van der Waals surface area contributed by atoms with Crippen LogP contribution in [0, 0.1) is 18.3 Å². The van der Waals surface area contributed by atoms with Gasteiger partial charge in [-0.1, -0.05) is 46.9 Å². The zero-order valence-electron chi connectivity index (χ0n) is 18.1. The van der Waals surface area contributed by atoms with Crippen LogP contribution < -0.4 is 15.6 Å². The molecule has 0 aliphatic rings. The van der Waals surface area contributed by atoms with Crippen LogP contribution in [0.4, 0.5) is 5.69 Å². The highest BCUT2D eigenvalue weighted by atomic mass is 35.5. The van der Waals surface area contributed by atoms with Gasteiger partial charge in [0, 0.05) is 11.2 Å². The Hall–Kier alpha value is -3.83. The first kappa shape index (κ1) is 24.3. The van der Waals surface area contributed by atoms with E-state index in [1.807, 2.05) is 6.07 Å². The molecule has 1 amide bonds. The van der Waals surface area contributed by atoms with Crippen LogP contribution in [0.1, 0.15) is 11.1 Å². The molecule has 1 N–H and O–H groups in total. The summed E-state index contributed by atoms with van der Waals surface area (Å²) in [5, 5.41) is 13.1. The second-order valence-electron chi connectivity index (χ2n) is 7.30. The first-order valence-corrected chi connectivity index (χ1v) is 11.2. The van der Waals surface area contributed by atoms with Gasteiger partial charge in [-0.3, -0.25) is 14.0 Å². The highest BCUT2D eigenvalue weighted by molar-refractivity contribution is 6.44. The summed E-state index contributed by atoms with van der Waals surface area (Å²) in [5.41, 5.74) is 0.332. The molecule has 2 aromatic carbocycles. The molecule has 7 nitrogen and oxygen atoms in total. The fraction of sp³-hybridized carbons (Fsp3) is 0.0400. The Morgan fingerprint density at radius 2 is 1.86 bits per heavy atom. The predicted molar refractivity (Wildman–Crippen MR) is 136 cm³/mol. The third-order valence-corrected chi connectivity index (χ3v) is 6.00. The molecule has 10 heteroatoms. The van der Waals surface area contributed by atoms with Gasteiger partial charge in [0.25, 0.3) is 11.5 Å². The molecule has 0 atom stereocenters. The minimum absolute atomic E-state index is 0.0760. The van der Waals surface area contributed by atoms with Gasteiger partial charge in [0.2, 0.25) is 5.88 Å². The minimum Gasteiger partial charge on any atom is -0.438 e. The Morgan fingerprint density at radius 3 is 2.57 bits per heavy atom. The number of amides is 1. The van der Waals surface area contributed by atoms with Crippen molar-refractivity contribution in [1.82, 2.24) is 9.38 Å². The van der Waals surface area contributed by atoms with Crippen molar-refractivity contribution in [2.24, 2.45) is 0 Å². The minimum atomic E-state index is -0.789. The van der Waals surface area contributed by atoms with Crippen LogP contribution in [0.25, 0.3) is 11.7 Å². The molecule has 0 radical (unpaired) electrons. The number of carbonyl (C=O) groups excluding carboxylic acids is 1. The molecule has 0 unspecified atom stereocenters. The summed E-state index contributed by atoms with van der Waals surface area (Å²) in [5.74, 6) is -0.502. The Kier molecular flexibility index (Phi) is 7.08. The number of benzene rings is 2. The molecule has 4 rings (SSSR count). The molecule has 0 aliphatic heterocycles. The van der Waals surface area contributed by atoms with E-state index in [1.165, 1.54) is 10.5 Å². The number of aromatic nitrogens is 2. The van der Waals surface area contributed by atoms with Crippen LogP contribution in [0.3, 0.4) is 0 Å². The lowest BCUT2D eigenvalue weighted by Gasteiger charge is -2.12. The van der Waals surface area contributed by atoms with Crippen LogP contribution in [0.5, 0.6) is 11.6 Å². The number of carbonyl (C=O) groups is 1. The summed E-state index contributed by atoms with van der Waals surface area (Å²) >= 11 is 18.1. The van der Waals surface area contributed by atoms with E-state index in [0.717, 1.165) is 11.6 Å². The maximum absolute atomic E-state index is 13.4. The Balaban J connectivity index is 1.83. The second-order valence-corrected chi connectivity index (χ2v) is 8.52. The number of aryl methyl sites for hydroxylation is 1. The first-order valence-electron chi connectivity index (χ1n) is 10.1. The number of rotatable bonds is 5. The number of hydrogen-bond donors (Lipinski definition) is 1. The van der Waals surface area contributed by atoms with Gasteiger partial charge >= 0.3 is 0 Å². The largest absolute Gasteiger partial charge is 0.438 e. The average molecular weight is 526 g/mol. The second kappa shape index (κ2) is 10.2. The summed E-state index contributed by atoms with van der Waals surface area (Å²) in [6.07, 6.45) is 2.67. The molecular formula is C25H15Cl3N4O3. The molecule has 0 aliphatic carbocycles. The van der Waals surface area contributed by atoms with Crippen molar-refractivity contribution in [2.45, 2.75) is 6.92 Å². The highest BCUT2D eigenvalue weighted by Gasteiger charge is 2.19. The average Bonchev–Trinajstić information content (AvgIpc) is 2.84. The van der Waals surface area contributed by atoms with Gasteiger partial charge in [-0.05, 0) is 61.0 Å². The SMILES string of the molecule is Cc1cccn2c(=O)c(/C=C(/C#N)C(=O)Nc3cccc(Cl)c3Cl)c(Oc3ccc(Cl)cc3)nc12. The number of nitrogens with zero attached hydrogens (tertiary/aromatic N) is 3. The lowest BCUT2D eigenvalue weighted by Crippen LogP contribution is -2.20. The molecule has 0 saturated heterocycles. The van der Waals surface area contributed by atoms with Crippen molar-refractivity contribution in [3.05, 3.63) is 103 Å². The highest BCUT2D eigenvalue weighted by Crippen LogP contribution is 2.30. The van der Waals surface area contributed by atoms with Crippen LogP contribution in [0.15, 0.2) is 71.2 Å². The van der Waals surface area contributed by atoms with E-state index in [4.69, 9.17) is 39.5 Å². The van der Waals surface area contributed by atoms with Crippen molar-refractivity contribution in [1.29, 1.82) is 5.26 Å². The van der Waals surface area contributed by atoms with Crippen LogP contribution in [0.2, 0.25) is 15.1 Å². The molecular weight excluding hydrogens is 511 g/mol. The Bertz CT molecular complexity index is 1590. The predicted octanol–water partition coefficient (Wildman–Crippen LogP) is 6.30. The third-order valence-electron chi connectivity index (χ3n) is 4.93. The number of nitriles is 1.